The van der Waals surface area contributed by atoms with Crippen LogP contribution >= 0.6 is 0 Å². The molecule has 1 saturated carbocycles. The third kappa shape index (κ3) is 3.21. The maximum atomic E-state index is 9.18. The number of rotatable bonds is 5. The zero-order chi connectivity index (χ0) is 8.27. The van der Waals surface area contributed by atoms with Gasteiger partial charge >= 0.3 is 0 Å². The summed E-state index contributed by atoms with van der Waals surface area (Å²) in [5.74, 6) is 0. The predicted octanol–water partition coefficient (Wildman–Crippen LogP) is 1.24. The first-order valence-electron chi connectivity index (χ1n) is 4.66. The summed E-state index contributed by atoms with van der Waals surface area (Å²) in [5.41, 5.74) is 0. The molecule has 0 aromatic carbocycles. The van der Waals surface area contributed by atoms with Crippen molar-refractivity contribution < 1.29 is 5.11 Å². The Morgan fingerprint density at radius 1 is 1.55 bits per heavy atom. The Morgan fingerprint density at radius 3 is 2.55 bits per heavy atom. The van der Waals surface area contributed by atoms with Crippen LogP contribution < -0.4 is 0 Å². The van der Waals surface area contributed by atoms with E-state index in [-0.39, 0.29) is 6.10 Å². The summed E-state index contributed by atoms with van der Waals surface area (Å²) in [5, 5.41) is 9.18. The van der Waals surface area contributed by atoms with E-state index in [0.717, 1.165) is 19.1 Å². The van der Waals surface area contributed by atoms with Gasteiger partial charge in [-0.3, -0.25) is 4.90 Å². The molecular formula is C9H19NO. The average Bonchev–Trinajstić information content (AvgIpc) is 2.66. The molecule has 0 aliphatic heterocycles. The molecular weight excluding hydrogens is 138 g/mol. The van der Waals surface area contributed by atoms with E-state index in [2.05, 4.69) is 11.8 Å². The Balaban J connectivity index is 2.20. The van der Waals surface area contributed by atoms with Crippen molar-refractivity contribution in [3.63, 3.8) is 0 Å². The standard InChI is InChI=1S/C9H19NO/c1-3-6-10(7-8(2)11)9-4-5-9/h8-9,11H,3-7H2,1-2H3/t8-/m0/s1. The number of aliphatic hydroxyl groups excluding tert-OH is 1. The van der Waals surface area contributed by atoms with Gasteiger partial charge in [0, 0.05) is 12.6 Å². The molecule has 1 aliphatic rings. The van der Waals surface area contributed by atoms with Gasteiger partial charge in [-0.1, -0.05) is 6.92 Å². The lowest BCUT2D eigenvalue weighted by Gasteiger charge is -2.22. The second-order valence-corrected chi connectivity index (χ2v) is 3.58. The molecule has 0 amide bonds. The van der Waals surface area contributed by atoms with Crippen LogP contribution in [0, 0.1) is 0 Å². The summed E-state index contributed by atoms with van der Waals surface area (Å²) in [6.45, 7) is 6.07. The van der Waals surface area contributed by atoms with Crippen molar-refractivity contribution >= 4 is 0 Å². The van der Waals surface area contributed by atoms with Crippen molar-refractivity contribution in [2.75, 3.05) is 13.1 Å². The zero-order valence-electron chi connectivity index (χ0n) is 7.58. The lowest BCUT2D eigenvalue weighted by molar-refractivity contribution is 0.122. The molecule has 0 heterocycles. The van der Waals surface area contributed by atoms with Gasteiger partial charge in [-0.05, 0) is 32.7 Å². The predicted molar refractivity (Wildman–Crippen MR) is 46.6 cm³/mol. The van der Waals surface area contributed by atoms with Crippen LogP contribution in [0.1, 0.15) is 33.1 Å². The molecule has 1 fully saturated rings. The molecule has 11 heavy (non-hydrogen) atoms. The highest BCUT2D eigenvalue weighted by Gasteiger charge is 2.28. The second kappa shape index (κ2) is 4.07. The third-order valence-corrected chi connectivity index (χ3v) is 2.07. The zero-order valence-corrected chi connectivity index (χ0v) is 7.58. The maximum absolute atomic E-state index is 9.18. The quantitative estimate of drug-likeness (QED) is 0.649. The van der Waals surface area contributed by atoms with Gasteiger partial charge in [0.2, 0.25) is 0 Å². The minimum atomic E-state index is -0.165. The van der Waals surface area contributed by atoms with E-state index >= 15 is 0 Å². The summed E-state index contributed by atoms with van der Waals surface area (Å²) < 4.78 is 0. The van der Waals surface area contributed by atoms with Crippen molar-refractivity contribution in [2.45, 2.75) is 45.3 Å². The van der Waals surface area contributed by atoms with E-state index in [4.69, 9.17) is 0 Å². The van der Waals surface area contributed by atoms with E-state index < -0.39 is 0 Å². The monoisotopic (exact) mass is 157 g/mol. The fraction of sp³-hybridized carbons (Fsp3) is 1.00. The highest BCUT2D eigenvalue weighted by Crippen LogP contribution is 2.26. The molecule has 1 atom stereocenters. The van der Waals surface area contributed by atoms with Gasteiger partial charge in [-0.25, -0.2) is 0 Å². The van der Waals surface area contributed by atoms with Crippen molar-refractivity contribution in [1.29, 1.82) is 0 Å². The van der Waals surface area contributed by atoms with Crippen LogP contribution in [0.15, 0.2) is 0 Å². The van der Waals surface area contributed by atoms with E-state index in [0.29, 0.717) is 0 Å². The lowest BCUT2D eigenvalue weighted by Crippen LogP contribution is -2.33. The highest BCUT2D eigenvalue weighted by atomic mass is 16.3. The van der Waals surface area contributed by atoms with Gasteiger partial charge in [-0.2, -0.15) is 0 Å². The minimum Gasteiger partial charge on any atom is -0.392 e. The Bertz CT molecular complexity index is 110. The van der Waals surface area contributed by atoms with Gasteiger partial charge in [-0.15, -0.1) is 0 Å². The van der Waals surface area contributed by atoms with Crippen LogP contribution in [0.4, 0.5) is 0 Å². The van der Waals surface area contributed by atoms with Crippen molar-refractivity contribution in [3.05, 3.63) is 0 Å². The summed E-state index contributed by atoms with van der Waals surface area (Å²) in [6, 6.07) is 0.796. The van der Waals surface area contributed by atoms with Crippen LogP contribution in [0.25, 0.3) is 0 Å². The average molecular weight is 157 g/mol. The van der Waals surface area contributed by atoms with Gasteiger partial charge < -0.3 is 5.11 Å². The molecule has 0 unspecified atom stereocenters. The SMILES string of the molecule is CCCN(C[C@H](C)O)C1CC1. The largest absolute Gasteiger partial charge is 0.392 e. The third-order valence-electron chi connectivity index (χ3n) is 2.07. The number of hydrogen-bond acceptors (Lipinski definition) is 2. The minimum absolute atomic E-state index is 0.165. The Hall–Kier alpha value is -0.0800. The van der Waals surface area contributed by atoms with E-state index in [1.807, 2.05) is 6.92 Å². The first kappa shape index (κ1) is 9.01. The van der Waals surface area contributed by atoms with Crippen LogP contribution in [0.3, 0.4) is 0 Å². The second-order valence-electron chi connectivity index (χ2n) is 3.58. The fourth-order valence-corrected chi connectivity index (χ4v) is 1.49. The molecule has 2 heteroatoms. The molecule has 0 saturated heterocycles. The first-order chi connectivity index (χ1) is 5.24. The van der Waals surface area contributed by atoms with Crippen LogP contribution in [-0.2, 0) is 0 Å². The maximum Gasteiger partial charge on any atom is 0.0639 e. The van der Waals surface area contributed by atoms with Crippen molar-refractivity contribution in [3.8, 4) is 0 Å². The van der Waals surface area contributed by atoms with Crippen molar-refractivity contribution in [1.82, 2.24) is 4.90 Å². The molecule has 1 rings (SSSR count). The van der Waals surface area contributed by atoms with Crippen LogP contribution in [0.5, 0.6) is 0 Å². The molecule has 0 spiro atoms. The molecule has 0 radical (unpaired) electrons. The lowest BCUT2D eigenvalue weighted by atomic mass is 10.3. The number of nitrogens with zero attached hydrogens (tertiary/aromatic N) is 1. The Labute approximate surface area is 69.2 Å². The van der Waals surface area contributed by atoms with Crippen LogP contribution in [0.2, 0.25) is 0 Å². The molecule has 0 bridgehead atoms. The normalized spacial score (nSPS) is 20.7. The van der Waals surface area contributed by atoms with E-state index in [1.165, 1.54) is 19.3 Å². The van der Waals surface area contributed by atoms with Gasteiger partial charge in [0.1, 0.15) is 0 Å². The molecule has 2 nitrogen and oxygen atoms in total. The smallest absolute Gasteiger partial charge is 0.0639 e. The van der Waals surface area contributed by atoms with Gasteiger partial charge in [0.25, 0.3) is 0 Å². The summed E-state index contributed by atoms with van der Waals surface area (Å²) in [6.07, 6.45) is 3.71. The highest BCUT2D eigenvalue weighted by molar-refractivity contribution is 4.84. The fourth-order valence-electron chi connectivity index (χ4n) is 1.49. The summed E-state index contributed by atoms with van der Waals surface area (Å²) in [7, 11) is 0. The van der Waals surface area contributed by atoms with Gasteiger partial charge in [0.15, 0.2) is 0 Å². The number of hydrogen-bond donors (Lipinski definition) is 1. The molecule has 0 aromatic rings. The van der Waals surface area contributed by atoms with E-state index in [9.17, 15) is 5.11 Å². The number of aliphatic hydroxyl groups is 1. The van der Waals surface area contributed by atoms with E-state index in [1.54, 1.807) is 0 Å². The van der Waals surface area contributed by atoms with Gasteiger partial charge in [0.05, 0.1) is 6.10 Å². The molecule has 66 valence electrons. The first-order valence-corrected chi connectivity index (χ1v) is 4.66. The topological polar surface area (TPSA) is 23.5 Å². The van der Waals surface area contributed by atoms with Crippen molar-refractivity contribution in [2.24, 2.45) is 0 Å². The summed E-state index contributed by atoms with van der Waals surface area (Å²) >= 11 is 0. The Kier molecular flexibility index (Phi) is 3.34. The van der Waals surface area contributed by atoms with Crippen LogP contribution in [-0.4, -0.2) is 35.2 Å². The molecule has 1 aliphatic carbocycles. The summed E-state index contributed by atoms with van der Waals surface area (Å²) in [4.78, 5) is 2.41. The Morgan fingerprint density at radius 2 is 2.18 bits per heavy atom. The molecule has 0 aromatic heterocycles. The molecule has 1 N–H and O–H groups in total.